The average Bonchev–Trinajstić information content (AvgIpc) is 2.72. The first kappa shape index (κ1) is 10.1. The molecule has 0 fully saturated rings. The van der Waals surface area contributed by atoms with Crippen molar-refractivity contribution in [3.63, 3.8) is 0 Å². The maximum atomic E-state index is 5.67. The lowest BCUT2D eigenvalue weighted by atomic mass is 10.5. The number of hydrogen-bond acceptors (Lipinski definition) is 6. The molecule has 0 saturated heterocycles. The predicted molar refractivity (Wildman–Crippen MR) is 60.9 cm³/mol. The van der Waals surface area contributed by atoms with E-state index >= 15 is 0 Å². The fraction of sp³-hybridized carbons (Fsp3) is 0.125. The number of nitrogen functional groups attached to an aromatic ring is 1. The molecule has 0 bridgehead atoms. The largest absolute Gasteiger partial charge is 0.394 e. The Morgan fingerprint density at radius 2 is 2.33 bits per heavy atom. The van der Waals surface area contributed by atoms with E-state index in [0.717, 1.165) is 5.01 Å². The zero-order valence-corrected chi connectivity index (χ0v) is 9.22. The van der Waals surface area contributed by atoms with Gasteiger partial charge in [-0.05, 0) is 11.6 Å². The van der Waals surface area contributed by atoms with Crippen LogP contribution in [0.3, 0.4) is 0 Å². The van der Waals surface area contributed by atoms with Crippen LogP contribution in [0.15, 0.2) is 17.8 Å². The van der Waals surface area contributed by atoms with Crippen LogP contribution < -0.4 is 11.1 Å². The van der Waals surface area contributed by atoms with Gasteiger partial charge >= 0.3 is 0 Å². The minimum atomic E-state index is 0.172. The fourth-order valence-electron chi connectivity index (χ4n) is 1.01. The number of halogens is 1. The van der Waals surface area contributed by atoms with E-state index in [2.05, 4.69) is 20.3 Å². The van der Waals surface area contributed by atoms with Crippen LogP contribution in [0.2, 0.25) is 5.28 Å². The van der Waals surface area contributed by atoms with E-state index in [1.165, 1.54) is 6.20 Å². The summed E-state index contributed by atoms with van der Waals surface area (Å²) in [6.07, 6.45) is 3.22. The maximum absolute atomic E-state index is 5.67. The lowest BCUT2D eigenvalue weighted by molar-refractivity contribution is 1.06. The number of anilines is 2. The summed E-state index contributed by atoms with van der Waals surface area (Å²) in [6.45, 7) is 0.579. The van der Waals surface area contributed by atoms with E-state index in [4.69, 9.17) is 17.3 Å². The third-order valence-electron chi connectivity index (χ3n) is 1.68. The standard InChI is InChI=1S/C8H8ClN5S/c9-8-13-3-5(10)7(14-8)12-4-6-11-1-2-15-6/h1-3H,4,10H2,(H,12,13,14). The van der Waals surface area contributed by atoms with Crippen molar-refractivity contribution < 1.29 is 0 Å². The quantitative estimate of drug-likeness (QED) is 0.801. The molecule has 2 rings (SSSR count). The van der Waals surface area contributed by atoms with Crippen LogP contribution in [0.1, 0.15) is 5.01 Å². The van der Waals surface area contributed by atoms with Gasteiger partial charge in [-0.25, -0.2) is 9.97 Å². The van der Waals surface area contributed by atoms with Gasteiger partial charge in [-0.15, -0.1) is 11.3 Å². The molecule has 0 aliphatic carbocycles. The minimum Gasteiger partial charge on any atom is -0.394 e. The van der Waals surface area contributed by atoms with Crippen LogP contribution >= 0.6 is 22.9 Å². The summed E-state index contributed by atoms with van der Waals surface area (Å²) in [6, 6.07) is 0. The highest BCUT2D eigenvalue weighted by molar-refractivity contribution is 7.09. The van der Waals surface area contributed by atoms with E-state index in [9.17, 15) is 0 Å². The number of nitrogens with one attached hydrogen (secondary N) is 1. The summed E-state index contributed by atoms with van der Waals surface area (Å²) in [5.74, 6) is 0.533. The van der Waals surface area contributed by atoms with Crippen LogP contribution in [0, 0.1) is 0 Å². The van der Waals surface area contributed by atoms with Crippen LogP contribution in [0.5, 0.6) is 0 Å². The first-order valence-corrected chi connectivity index (χ1v) is 5.42. The summed E-state index contributed by atoms with van der Waals surface area (Å²) < 4.78 is 0. The Hall–Kier alpha value is -1.40. The van der Waals surface area contributed by atoms with Gasteiger partial charge in [0.1, 0.15) is 5.01 Å². The predicted octanol–water partition coefficient (Wildman–Crippen LogP) is 1.78. The van der Waals surface area contributed by atoms with Gasteiger partial charge in [0.15, 0.2) is 5.82 Å². The molecule has 2 heterocycles. The molecule has 0 amide bonds. The number of thiazole rings is 1. The van der Waals surface area contributed by atoms with Gasteiger partial charge in [0.05, 0.1) is 18.4 Å². The smallest absolute Gasteiger partial charge is 0.224 e. The van der Waals surface area contributed by atoms with Crippen LogP contribution in [-0.4, -0.2) is 15.0 Å². The van der Waals surface area contributed by atoms with E-state index in [-0.39, 0.29) is 5.28 Å². The molecule has 0 atom stereocenters. The van der Waals surface area contributed by atoms with Gasteiger partial charge in [-0.3, -0.25) is 0 Å². The second-order valence-corrected chi connectivity index (χ2v) is 4.04. The van der Waals surface area contributed by atoms with Crippen LogP contribution in [0.25, 0.3) is 0 Å². The number of nitrogens with two attached hydrogens (primary N) is 1. The molecule has 5 nitrogen and oxygen atoms in total. The summed E-state index contributed by atoms with van der Waals surface area (Å²) in [7, 11) is 0. The van der Waals surface area contributed by atoms with Crippen LogP contribution in [-0.2, 0) is 6.54 Å². The summed E-state index contributed by atoms with van der Waals surface area (Å²) >= 11 is 7.21. The first-order valence-electron chi connectivity index (χ1n) is 4.16. The van der Waals surface area contributed by atoms with Crippen molar-refractivity contribution in [3.05, 3.63) is 28.1 Å². The van der Waals surface area contributed by atoms with Crippen molar-refractivity contribution in [2.45, 2.75) is 6.54 Å². The van der Waals surface area contributed by atoms with Crippen molar-refractivity contribution >= 4 is 34.4 Å². The van der Waals surface area contributed by atoms with Gasteiger partial charge in [-0.2, -0.15) is 4.98 Å². The van der Waals surface area contributed by atoms with Crippen molar-refractivity contribution in [1.82, 2.24) is 15.0 Å². The molecular formula is C8H8ClN5S. The Kier molecular flexibility index (Phi) is 2.98. The van der Waals surface area contributed by atoms with E-state index in [1.807, 2.05) is 5.38 Å². The lowest BCUT2D eigenvalue weighted by Crippen LogP contribution is -2.05. The number of hydrogen-bond donors (Lipinski definition) is 2. The van der Waals surface area contributed by atoms with Crippen molar-refractivity contribution in [2.24, 2.45) is 0 Å². The normalized spacial score (nSPS) is 10.2. The molecule has 7 heteroatoms. The zero-order chi connectivity index (χ0) is 10.7. The van der Waals surface area contributed by atoms with Gasteiger partial charge in [0, 0.05) is 11.6 Å². The first-order chi connectivity index (χ1) is 7.25. The molecule has 0 aromatic carbocycles. The highest BCUT2D eigenvalue weighted by Gasteiger charge is 2.03. The molecule has 2 aromatic rings. The molecule has 0 aliphatic heterocycles. The molecule has 2 aromatic heterocycles. The van der Waals surface area contributed by atoms with Gasteiger partial charge in [-0.1, -0.05) is 0 Å². The molecule has 0 aliphatic rings. The third-order valence-corrected chi connectivity index (χ3v) is 2.64. The Morgan fingerprint density at radius 1 is 1.47 bits per heavy atom. The Labute approximate surface area is 95.3 Å². The fourth-order valence-corrected chi connectivity index (χ4v) is 1.70. The second kappa shape index (κ2) is 4.41. The van der Waals surface area contributed by atoms with Gasteiger partial charge in [0.2, 0.25) is 5.28 Å². The average molecular weight is 242 g/mol. The Balaban J connectivity index is 2.07. The minimum absolute atomic E-state index is 0.172. The number of aromatic nitrogens is 3. The summed E-state index contributed by atoms with van der Waals surface area (Å²) in [5, 5.41) is 6.09. The summed E-state index contributed by atoms with van der Waals surface area (Å²) in [4.78, 5) is 11.9. The molecule has 3 N–H and O–H groups in total. The SMILES string of the molecule is Nc1cnc(Cl)nc1NCc1nccs1. The highest BCUT2D eigenvalue weighted by Crippen LogP contribution is 2.17. The molecule has 15 heavy (non-hydrogen) atoms. The van der Waals surface area contributed by atoms with Crippen molar-refractivity contribution in [3.8, 4) is 0 Å². The highest BCUT2D eigenvalue weighted by atomic mass is 35.5. The van der Waals surface area contributed by atoms with Crippen molar-refractivity contribution in [1.29, 1.82) is 0 Å². The maximum Gasteiger partial charge on any atom is 0.224 e. The molecule has 0 saturated carbocycles. The zero-order valence-electron chi connectivity index (χ0n) is 7.64. The molecule has 0 radical (unpaired) electrons. The monoisotopic (exact) mass is 241 g/mol. The lowest BCUT2D eigenvalue weighted by Gasteiger charge is -2.05. The Morgan fingerprint density at radius 3 is 3.07 bits per heavy atom. The third kappa shape index (κ3) is 2.54. The van der Waals surface area contributed by atoms with Crippen molar-refractivity contribution in [2.75, 3.05) is 11.1 Å². The number of nitrogens with zero attached hydrogens (tertiary/aromatic N) is 3. The van der Waals surface area contributed by atoms with Crippen LogP contribution in [0.4, 0.5) is 11.5 Å². The molecule has 0 unspecified atom stereocenters. The molecule has 0 spiro atoms. The second-order valence-electron chi connectivity index (χ2n) is 2.72. The van der Waals surface area contributed by atoms with E-state index in [0.29, 0.717) is 18.1 Å². The summed E-state index contributed by atoms with van der Waals surface area (Å²) in [5.41, 5.74) is 6.13. The van der Waals surface area contributed by atoms with E-state index < -0.39 is 0 Å². The van der Waals surface area contributed by atoms with Gasteiger partial charge < -0.3 is 11.1 Å². The van der Waals surface area contributed by atoms with E-state index in [1.54, 1.807) is 17.5 Å². The van der Waals surface area contributed by atoms with Gasteiger partial charge in [0.25, 0.3) is 0 Å². The topological polar surface area (TPSA) is 76.7 Å². The molecular weight excluding hydrogens is 234 g/mol. The molecule has 78 valence electrons. The number of rotatable bonds is 3. The Bertz CT molecular complexity index is 444.